The van der Waals surface area contributed by atoms with Crippen molar-refractivity contribution in [2.24, 2.45) is 0 Å². The van der Waals surface area contributed by atoms with E-state index in [1.54, 1.807) is 0 Å². The summed E-state index contributed by atoms with van der Waals surface area (Å²) in [7, 11) is 6.30. The second-order valence-electron chi connectivity index (χ2n) is 10.2. The molecule has 2 aromatic carbocycles. The maximum Gasteiger partial charge on any atom is 0.253 e. The molecule has 6 heteroatoms. The zero-order valence-corrected chi connectivity index (χ0v) is 20.6. The number of carbonyl (C=O) groups excluding carboxylic acids is 1. The van der Waals surface area contributed by atoms with Gasteiger partial charge in [-0.3, -0.25) is 4.79 Å². The third-order valence-corrected chi connectivity index (χ3v) is 7.60. The fourth-order valence-corrected chi connectivity index (χ4v) is 5.20. The van der Waals surface area contributed by atoms with E-state index in [-0.39, 0.29) is 5.91 Å². The van der Waals surface area contributed by atoms with Crippen molar-refractivity contribution in [3.05, 3.63) is 77.6 Å². The van der Waals surface area contributed by atoms with Gasteiger partial charge in [-0.15, -0.1) is 0 Å². The van der Waals surface area contributed by atoms with Gasteiger partial charge in [0.1, 0.15) is 5.65 Å². The molecule has 178 valence electrons. The van der Waals surface area contributed by atoms with Crippen molar-refractivity contribution >= 4 is 16.9 Å². The van der Waals surface area contributed by atoms with E-state index in [1.807, 2.05) is 41.6 Å². The Morgan fingerprint density at radius 3 is 2.54 bits per heavy atom. The number of amides is 1. The monoisotopic (exact) mass is 465 g/mol. The summed E-state index contributed by atoms with van der Waals surface area (Å²) >= 11 is 0. The van der Waals surface area contributed by atoms with Crippen LogP contribution in [0.3, 0.4) is 0 Å². The molecule has 4 heterocycles. The fraction of sp³-hybridized carbons (Fsp3) is 0.310. The molecule has 2 aromatic heterocycles. The third kappa shape index (κ3) is 4.03. The van der Waals surface area contributed by atoms with Crippen LogP contribution in [-0.4, -0.2) is 77.4 Å². The van der Waals surface area contributed by atoms with Crippen molar-refractivity contribution in [3.8, 4) is 22.3 Å². The average Bonchev–Trinajstić information content (AvgIpc) is 3.25. The zero-order valence-electron chi connectivity index (χ0n) is 20.6. The molecule has 6 rings (SSSR count). The van der Waals surface area contributed by atoms with E-state index in [9.17, 15) is 4.79 Å². The third-order valence-electron chi connectivity index (χ3n) is 7.60. The minimum atomic E-state index is 0.107. The number of rotatable bonds is 4. The van der Waals surface area contributed by atoms with Gasteiger partial charge in [-0.25, -0.2) is 4.98 Å². The van der Waals surface area contributed by atoms with Gasteiger partial charge in [-0.1, -0.05) is 24.3 Å². The highest BCUT2D eigenvalue weighted by molar-refractivity contribution is 5.98. The lowest BCUT2D eigenvalue weighted by Crippen LogP contribution is -2.59. The predicted octanol–water partition coefficient (Wildman–Crippen LogP) is 4.27. The first-order valence-corrected chi connectivity index (χ1v) is 12.3. The van der Waals surface area contributed by atoms with Crippen molar-refractivity contribution in [1.82, 2.24) is 24.7 Å². The number of likely N-dealkylation sites (tertiary alicyclic amines) is 1. The van der Waals surface area contributed by atoms with Crippen molar-refractivity contribution < 1.29 is 4.79 Å². The molecule has 0 spiro atoms. The van der Waals surface area contributed by atoms with Crippen LogP contribution in [0.2, 0.25) is 0 Å². The molecule has 1 N–H and O–H groups in total. The Labute approximate surface area is 206 Å². The summed E-state index contributed by atoms with van der Waals surface area (Å²) in [5, 5.41) is 1.09. The molecular weight excluding hydrogens is 434 g/mol. The number of hydrogen-bond acceptors (Lipinski definition) is 4. The number of H-pyrrole nitrogens is 1. The number of nitrogens with one attached hydrogen (secondary N) is 1. The summed E-state index contributed by atoms with van der Waals surface area (Å²) in [4.78, 5) is 27.3. The molecule has 2 aliphatic heterocycles. The smallest absolute Gasteiger partial charge is 0.253 e. The number of carbonyl (C=O) groups is 1. The SMILES string of the molecule is CN1CCc2ccc(-c3cnc4[nH]cc(-c5ccc(C(=O)N6CC(N(C)C)C6)cc5)c4c3)cc2C1. The minimum Gasteiger partial charge on any atom is -0.346 e. The number of fused-ring (bicyclic) bond motifs is 2. The molecule has 6 nitrogen and oxygen atoms in total. The molecule has 1 saturated heterocycles. The van der Waals surface area contributed by atoms with Crippen LogP contribution in [0, 0.1) is 0 Å². The highest BCUT2D eigenvalue weighted by Gasteiger charge is 2.32. The second kappa shape index (κ2) is 8.63. The first-order valence-electron chi connectivity index (χ1n) is 12.3. The number of hydrogen-bond donors (Lipinski definition) is 1. The molecule has 0 radical (unpaired) electrons. The summed E-state index contributed by atoms with van der Waals surface area (Å²) in [6, 6.07) is 17.5. The molecular formula is C29H31N5O. The van der Waals surface area contributed by atoms with E-state index in [0.29, 0.717) is 6.04 Å². The molecule has 1 fully saturated rings. The number of nitrogens with zero attached hydrogens (tertiary/aromatic N) is 4. The summed E-state index contributed by atoms with van der Waals surface area (Å²) in [5.74, 6) is 0.107. The van der Waals surface area contributed by atoms with E-state index in [1.165, 1.54) is 16.7 Å². The largest absolute Gasteiger partial charge is 0.346 e. The lowest BCUT2D eigenvalue weighted by atomic mass is 9.95. The van der Waals surface area contributed by atoms with Gasteiger partial charge in [0.15, 0.2) is 0 Å². The van der Waals surface area contributed by atoms with Crippen LogP contribution in [0.5, 0.6) is 0 Å². The van der Waals surface area contributed by atoms with Gasteiger partial charge < -0.3 is 19.7 Å². The van der Waals surface area contributed by atoms with E-state index < -0.39 is 0 Å². The molecule has 35 heavy (non-hydrogen) atoms. The molecule has 0 bridgehead atoms. The Bertz CT molecular complexity index is 1400. The highest BCUT2D eigenvalue weighted by Crippen LogP contribution is 2.32. The molecule has 2 aliphatic rings. The summed E-state index contributed by atoms with van der Waals surface area (Å²) < 4.78 is 0. The number of aromatic nitrogens is 2. The molecule has 0 atom stereocenters. The number of likely N-dealkylation sites (N-methyl/N-ethyl adjacent to an activating group) is 2. The van der Waals surface area contributed by atoms with Crippen LogP contribution in [0.15, 0.2) is 60.9 Å². The maximum absolute atomic E-state index is 12.8. The quantitative estimate of drug-likeness (QED) is 0.489. The van der Waals surface area contributed by atoms with Crippen LogP contribution in [0.25, 0.3) is 33.3 Å². The standard InChI is InChI=1S/C29H31N5O/c1-32(2)25-17-34(18-25)29(35)21-7-5-20(6-8-21)27-15-31-28-26(27)13-23(14-30-28)22-9-4-19-10-11-33(3)16-24(19)12-22/h4-9,12-15,25H,10-11,16-18H2,1-3H3,(H,30,31). The van der Waals surface area contributed by atoms with Crippen molar-refractivity contribution in [3.63, 3.8) is 0 Å². The Morgan fingerprint density at radius 1 is 1.00 bits per heavy atom. The topological polar surface area (TPSA) is 55.5 Å². The fourth-order valence-electron chi connectivity index (χ4n) is 5.20. The van der Waals surface area contributed by atoms with Crippen LogP contribution in [0.4, 0.5) is 0 Å². The Morgan fingerprint density at radius 2 is 1.77 bits per heavy atom. The Hall–Kier alpha value is -3.48. The van der Waals surface area contributed by atoms with E-state index >= 15 is 0 Å². The molecule has 0 unspecified atom stereocenters. The zero-order chi connectivity index (χ0) is 24.1. The Kier molecular flexibility index (Phi) is 5.43. The number of benzene rings is 2. The van der Waals surface area contributed by atoms with Gasteiger partial charge in [0.2, 0.25) is 0 Å². The van der Waals surface area contributed by atoms with Crippen LogP contribution >= 0.6 is 0 Å². The lowest BCUT2D eigenvalue weighted by molar-refractivity contribution is 0.0399. The van der Waals surface area contributed by atoms with Crippen LogP contribution in [-0.2, 0) is 13.0 Å². The van der Waals surface area contributed by atoms with Crippen molar-refractivity contribution in [1.29, 1.82) is 0 Å². The van der Waals surface area contributed by atoms with Crippen molar-refractivity contribution in [2.75, 3.05) is 40.8 Å². The first-order chi connectivity index (χ1) is 17.0. The van der Waals surface area contributed by atoms with Gasteiger partial charge in [0.05, 0.1) is 0 Å². The maximum atomic E-state index is 12.8. The van der Waals surface area contributed by atoms with Gasteiger partial charge in [-0.2, -0.15) is 0 Å². The Balaban J connectivity index is 1.27. The van der Waals surface area contributed by atoms with Crippen LogP contribution < -0.4 is 0 Å². The summed E-state index contributed by atoms with van der Waals surface area (Å²) in [6.07, 6.45) is 5.07. The summed E-state index contributed by atoms with van der Waals surface area (Å²) in [6.45, 7) is 3.70. The van der Waals surface area contributed by atoms with E-state index in [0.717, 1.165) is 65.9 Å². The normalized spacial score (nSPS) is 16.5. The molecule has 0 aliphatic carbocycles. The lowest BCUT2D eigenvalue weighted by Gasteiger charge is -2.42. The second-order valence-corrected chi connectivity index (χ2v) is 10.2. The van der Waals surface area contributed by atoms with Gasteiger partial charge in [0.25, 0.3) is 5.91 Å². The number of aromatic amines is 1. The average molecular weight is 466 g/mol. The van der Waals surface area contributed by atoms with Gasteiger partial charge >= 0.3 is 0 Å². The molecule has 1 amide bonds. The summed E-state index contributed by atoms with van der Waals surface area (Å²) in [5.41, 5.74) is 8.97. The van der Waals surface area contributed by atoms with Gasteiger partial charge in [-0.05, 0) is 74.1 Å². The van der Waals surface area contributed by atoms with Gasteiger partial charge in [0, 0.05) is 66.7 Å². The molecule has 0 saturated carbocycles. The first kappa shape index (κ1) is 22.0. The minimum absolute atomic E-state index is 0.107. The molecule has 4 aromatic rings. The number of pyridine rings is 1. The van der Waals surface area contributed by atoms with E-state index in [2.05, 4.69) is 60.2 Å². The van der Waals surface area contributed by atoms with Crippen LogP contribution in [0.1, 0.15) is 21.5 Å². The highest BCUT2D eigenvalue weighted by atomic mass is 16.2. The predicted molar refractivity (Wildman–Crippen MR) is 140 cm³/mol. The van der Waals surface area contributed by atoms with E-state index in [4.69, 9.17) is 4.98 Å². The van der Waals surface area contributed by atoms with Crippen molar-refractivity contribution in [2.45, 2.75) is 19.0 Å².